The van der Waals surface area contributed by atoms with Gasteiger partial charge in [-0.25, -0.2) is 0 Å². The lowest BCUT2D eigenvalue weighted by Gasteiger charge is -2.27. The van der Waals surface area contributed by atoms with Crippen molar-refractivity contribution in [2.45, 2.75) is 168 Å². The third-order valence-electron chi connectivity index (χ3n) is 11.1. The summed E-state index contributed by atoms with van der Waals surface area (Å²) in [5.41, 5.74) is 6.34. The molecule has 28 heteroatoms. The van der Waals surface area contributed by atoms with Crippen molar-refractivity contribution in [2.24, 2.45) is 11.7 Å². The molecule has 9 amide bonds. The van der Waals surface area contributed by atoms with Crippen LogP contribution in [0.15, 0.2) is 30.5 Å². The zero-order chi connectivity index (χ0) is 61.4. The summed E-state index contributed by atoms with van der Waals surface area (Å²) in [6.45, 7) is 16.4. The summed E-state index contributed by atoms with van der Waals surface area (Å²) >= 11 is 0. The van der Waals surface area contributed by atoms with Crippen molar-refractivity contribution in [3.8, 4) is 0 Å². The molecule has 0 fully saturated rings. The Hall–Kier alpha value is -7.85. The van der Waals surface area contributed by atoms with Gasteiger partial charge >= 0.3 is 11.9 Å². The number of rotatable bonds is 28. The minimum Gasteiger partial charge on any atom is -0.469 e. The van der Waals surface area contributed by atoms with Gasteiger partial charge in [-0.05, 0) is 87.3 Å². The number of methoxy groups -OCH3 is 2. The van der Waals surface area contributed by atoms with Gasteiger partial charge in [-0.2, -0.15) is 0 Å². The number of fused-ring (bicyclic) bond motifs is 1. The van der Waals surface area contributed by atoms with E-state index in [0.29, 0.717) is 6.42 Å². The standard InChI is InChI=1S/C32H46N6O9.C20H35N5O8/c1-17(12-20-16-33-22-11-9-8-10-21(20)22)28(43)35-23(13-25(41)38-32(4,5)6)29(44)36-24(14-26(42)47-7)30(45)37-27(19(3)40)31(46)34-15-18(2)39;1-10(26)9-22-19(32)16(11(2)27)24-18(31)13(8-15(29)33-6)23-17(30)12(21)7-14(28)25-20(3,4)5/h8-11,16-17,19,23-24,27,33,40H,12-15H2,1-7H3,(H,34,46)(H,35,43)(H,36,44)(H,37,45)(H,38,41);11-13,16,27H,7-9,21H2,1-6H3,(H,22,32)(H,23,30)(H,24,31)(H,25,28). The molecule has 9 atom stereocenters. The largest absolute Gasteiger partial charge is 0.469 e. The first-order valence-corrected chi connectivity index (χ1v) is 25.5. The Morgan fingerprint density at radius 3 is 1.35 bits per heavy atom. The molecule has 2 aromatic rings. The van der Waals surface area contributed by atoms with Crippen LogP contribution in [-0.4, -0.2) is 179 Å². The van der Waals surface area contributed by atoms with Crippen molar-refractivity contribution in [2.75, 3.05) is 27.3 Å². The zero-order valence-electron chi connectivity index (χ0n) is 47.6. The summed E-state index contributed by atoms with van der Waals surface area (Å²) < 4.78 is 9.19. The first-order chi connectivity index (χ1) is 37.0. The topological polar surface area (TPSA) is 431 Å². The molecule has 0 saturated heterocycles. The van der Waals surface area contributed by atoms with Crippen molar-refractivity contribution < 1.29 is 82.0 Å². The second kappa shape index (κ2) is 32.9. The normalized spacial score (nSPS) is 14.6. The SMILES string of the molecule is COC(=O)CC(NC(=O)C(CC(=O)NC(C)(C)C)NC(=O)C(C)Cc1c[nH]c2ccccc12)C(=O)NC(C(=O)NCC(C)=O)C(C)O.COC(=O)CC(NC(=O)C(N)CC(=O)NC(C)(C)C)C(=O)NC(C(=O)NCC(C)=O)C(C)O. The van der Waals surface area contributed by atoms with E-state index in [9.17, 15) is 72.5 Å². The second-order valence-corrected chi connectivity index (χ2v) is 21.1. The number of hydrogen-bond donors (Lipinski definition) is 13. The van der Waals surface area contributed by atoms with Gasteiger partial charge in [-0.1, -0.05) is 25.1 Å². The average Bonchev–Trinajstić information content (AvgIpc) is 3.75. The Morgan fingerprint density at radius 2 is 0.938 bits per heavy atom. The Kier molecular flexibility index (Phi) is 28.9. The van der Waals surface area contributed by atoms with Crippen LogP contribution in [0.5, 0.6) is 0 Å². The molecule has 446 valence electrons. The van der Waals surface area contributed by atoms with Crippen LogP contribution in [0.1, 0.15) is 107 Å². The fourth-order valence-electron chi connectivity index (χ4n) is 7.09. The first-order valence-electron chi connectivity index (χ1n) is 25.5. The fraction of sp³-hybridized carbons (Fsp3) is 0.596. The number of ketones is 2. The monoisotopic (exact) mass is 1130 g/mol. The van der Waals surface area contributed by atoms with E-state index in [2.05, 4.69) is 62.3 Å². The minimum atomic E-state index is -1.63. The fourth-order valence-corrected chi connectivity index (χ4v) is 7.09. The summed E-state index contributed by atoms with van der Waals surface area (Å²) in [6.07, 6.45) is -2.82. The van der Waals surface area contributed by atoms with E-state index in [1.54, 1.807) is 54.7 Å². The maximum atomic E-state index is 13.6. The van der Waals surface area contributed by atoms with Gasteiger partial charge in [-0.3, -0.25) is 62.3 Å². The number of aliphatic hydroxyl groups is 2. The van der Waals surface area contributed by atoms with Gasteiger partial charge in [0.1, 0.15) is 41.8 Å². The number of aromatic nitrogens is 1. The lowest BCUT2D eigenvalue weighted by atomic mass is 9.99. The Labute approximate surface area is 464 Å². The number of nitrogens with two attached hydrogens (primary N) is 1. The van der Waals surface area contributed by atoms with E-state index in [-0.39, 0.29) is 31.1 Å². The van der Waals surface area contributed by atoms with Crippen LogP contribution in [0.3, 0.4) is 0 Å². The van der Waals surface area contributed by atoms with Crippen molar-refractivity contribution in [1.29, 1.82) is 0 Å². The summed E-state index contributed by atoms with van der Waals surface area (Å²) in [4.78, 5) is 164. The maximum absolute atomic E-state index is 13.6. The molecule has 1 aromatic carbocycles. The Morgan fingerprint density at radius 1 is 0.550 bits per heavy atom. The van der Waals surface area contributed by atoms with Crippen LogP contribution in [0.2, 0.25) is 0 Å². The molecule has 0 saturated carbocycles. The number of ether oxygens (including phenoxy) is 2. The maximum Gasteiger partial charge on any atom is 0.308 e. The van der Waals surface area contributed by atoms with Gasteiger partial charge < -0.3 is 78.3 Å². The van der Waals surface area contributed by atoms with Crippen LogP contribution in [-0.2, 0) is 78.2 Å². The Bertz CT molecular complexity index is 2530. The highest BCUT2D eigenvalue weighted by Crippen LogP contribution is 2.21. The Balaban J connectivity index is 0.000000854. The molecule has 80 heavy (non-hydrogen) atoms. The number of para-hydroxylation sites is 1. The summed E-state index contributed by atoms with van der Waals surface area (Å²) in [6, 6.07) is -1.37. The lowest BCUT2D eigenvalue weighted by Crippen LogP contribution is -2.60. The average molecular weight is 1130 g/mol. The third-order valence-corrected chi connectivity index (χ3v) is 11.1. The summed E-state index contributed by atoms with van der Waals surface area (Å²) in [7, 11) is 2.15. The predicted molar refractivity (Wildman–Crippen MR) is 288 cm³/mol. The summed E-state index contributed by atoms with van der Waals surface area (Å²) in [5.74, 6) is -10.3. The molecule has 0 aliphatic heterocycles. The predicted octanol–water partition coefficient (Wildman–Crippen LogP) is -3.01. The number of esters is 2. The number of carbonyl (C=O) groups excluding carboxylic acids is 13. The molecule has 0 radical (unpaired) electrons. The molecule has 0 spiro atoms. The first kappa shape index (κ1) is 70.2. The van der Waals surface area contributed by atoms with Gasteiger partial charge in [0, 0.05) is 34.1 Å². The molecule has 0 aliphatic carbocycles. The number of amides is 9. The molecule has 1 aromatic heterocycles. The van der Waals surface area contributed by atoms with E-state index in [1.165, 1.54) is 27.7 Å². The smallest absolute Gasteiger partial charge is 0.308 e. The van der Waals surface area contributed by atoms with E-state index < -0.39 is 150 Å². The number of H-pyrrole nitrogens is 1. The second-order valence-electron chi connectivity index (χ2n) is 21.1. The molecule has 0 aliphatic rings. The van der Waals surface area contributed by atoms with Gasteiger partial charge in [0.2, 0.25) is 53.2 Å². The molecule has 14 N–H and O–H groups in total. The lowest BCUT2D eigenvalue weighted by molar-refractivity contribution is -0.145. The van der Waals surface area contributed by atoms with Crippen LogP contribution < -0.4 is 53.6 Å². The van der Waals surface area contributed by atoms with Gasteiger partial charge in [-0.15, -0.1) is 0 Å². The van der Waals surface area contributed by atoms with Crippen molar-refractivity contribution in [1.82, 2.24) is 52.8 Å². The van der Waals surface area contributed by atoms with Crippen LogP contribution in [0.4, 0.5) is 0 Å². The van der Waals surface area contributed by atoms with E-state index >= 15 is 0 Å². The highest BCUT2D eigenvalue weighted by molar-refractivity contribution is 5.99. The molecule has 1 heterocycles. The van der Waals surface area contributed by atoms with E-state index in [4.69, 9.17) is 5.73 Å². The van der Waals surface area contributed by atoms with Gasteiger partial charge in [0.15, 0.2) is 0 Å². The highest BCUT2D eigenvalue weighted by atomic mass is 16.5. The van der Waals surface area contributed by atoms with Crippen molar-refractivity contribution in [3.05, 3.63) is 36.0 Å². The zero-order valence-corrected chi connectivity index (χ0v) is 47.6. The van der Waals surface area contributed by atoms with Crippen LogP contribution in [0.25, 0.3) is 10.9 Å². The number of aliphatic hydroxyl groups excluding tert-OH is 2. The molecule has 28 nitrogen and oxygen atoms in total. The molecule has 9 unspecified atom stereocenters. The summed E-state index contributed by atoms with van der Waals surface area (Å²) in [5, 5.41) is 42.6. The number of benzene rings is 1. The van der Waals surface area contributed by atoms with Gasteiger partial charge in [0.25, 0.3) is 0 Å². The van der Waals surface area contributed by atoms with E-state index in [1.807, 2.05) is 24.3 Å². The molecular weight excluding hydrogens is 1050 g/mol. The minimum absolute atomic E-state index is 0.314. The highest BCUT2D eigenvalue weighted by Gasteiger charge is 2.36. The molecular formula is C52H81N11O17. The molecule has 0 bridgehead atoms. The van der Waals surface area contributed by atoms with E-state index in [0.717, 1.165) is 30.7 Å². The molecule has 2 rings (SSSR count). The van der Waals surface area contributed by atoms with Crippen LogP contribution in [0, 0.1) is 5.92 Å². The van der Waals surface area contributed by atoms with Crippen molar-refractivity contribution >= 4 is 87.6 Å². The van der Waals surface area contributed by atoms with Gasteiger partial charge in [0.05, 0.1) is 71.2 Å². The number of Topliss-reactive ketones (excluding diaryl/α,β-unsaturated/α-hetero) is 2. The van der Waals surface area contributed by atoms with Crippen LogP contribution >= 0.6 is 0 Å². The third kappa shape index (κ3) is 26.7. The quantitative estimate of drug-likeness (QED) is 0.0378. The number of nitrogens with one attached hydrogen (secondary N) is 10. The number of aromatic amines is 1. The number of carbonyl (C=O) groups is 13. The van der Waals surface area contributed by atoms with Crippen molar-refractivity contribution in [3.63, 3.8) is 0 Å². The number of hydrogen-bond acceptors (Lipinski definition) is 18.